The highest BCUT2D eigenvalue weighted by molar-refractivity contribution is 5.29. The first-order chi connectivity index (χ1) is 10.8. The Kier molecular flexibility index (Phi) is 3.85. The minimum atomic E-state index is 0.0506. The first-order valence-corrected chi connectivity index (χ1v) is 9.54. The van der Waals surface area contributed by atoms with Crippen molar-refractivity contribution in [2.75, 3.05) is 6.61 Å². The smallest absolute Gasteiger partial charge is 0.0527 e. The zero-order chi connectivity index (χ0) is 15.2. The third kappa shape index (κ3) is 2.03. The van der Waals surface area contributed by atoms with E-state index in [0.29, 0.717) is 12.5 Å². The van der Waals surface area contributed by atoms with Crippen molar-refractivity contribution in [3.05, 3.63) is 11.6 Å². The van der Waals surface area contributed by atoms with Crippen LogP contribution in [-0.2, 0) is 0 Å². The van der Waals surface area contributed by atoms with Crippen molar-refractivity contribution in [3.8, 4) is 12.3 Å². The second-order valence-electron chi connectivity index (χ2n) is 8.42. The third-order valence-electron chi connectivity index (χ3n) is 7.92. The molecular formula is C21H30O. The van der Waals surface area contributed by atoms with Crippen LogP contribution in [0.1, 0.15) is 64.2 Å². The summed E-state index contributed by atoms with van der Waals surface area (Å²) in [6.07, 6.45) is 21.2. The molecule has 0 aromatic carbocycles. The number of rotatable bonds is 2. The maximum Gasteiger partial charge on any atom is 0.0527 e. The molecule has 0 amide bonds. The van der Waals surface area contributed by atoms with Gasteiger partial charge < -0.3 is 5.11 Å². The van der Waals surface area contributed by atoms with Gasteiger partial charge in [0, 0.05) is 11.8 Å². The van der Waals surface area contributed by atoms with E-state index in [9.17, 15) is 5.11 Å². The number of hydrogen-bond donors (Lipinski definition) is 1. The average molecular weight is 298 g/mol. The molecule has 3 fully saturated rings. The molecule has 0 aromatic heterocycles. The van der Waals surface area contributed by atoms with E-state index in [1.165, 1.54) is 63.4 Å². The van der Waals surface area contributed by atoms with E-state index in [4.69, 9.17) is 6.42 Å². The minimum absolute atomic E-state index is 0.0506. The Morgan fingerprint density at radius 3 is 2.77 bits per heavy atom. The van der Waals surface area contributed by atoms with Crippen LogP contribution < -0.4 is 0 Å². The molecule has 6 atom stereocenters. The van der Waals surface area contributed by atoms with Crippen LogP contribution in [-0.4, -0.2) is 11.7 Å². The fourth-order valence-corrected chi connectivity index (χ4v) is 6.97. The second-order valence-corrected chi connectivity index (χ2v) is 8.42. The van der Waals surface area contributed by atoms with Crippen molar-refractivity contribution in [3.63, 3.8) is 0 Å². The Morgan fingerprint density at radius 1 is 1.09 bits per heavy atom. The highest BCUT2D eigenvalue weighted by Gasteiger charge is 2.55. The molecule has 1 nitrogen and oxygen atoms in total. The summed E-state index contributed by atoms with van der Waals surface area (Å²) >= 11 is 0. The van der Waals surface area contributed by atoms with E-state index < -0.39 is 0 Å². The monoisotopic (exact) mass is 298 g/mol. The van der Waals surface area contributed by atoms with Crippen LogP contribution >= 0.6 is 0 Å². The van der Waals surface area contributed by atoms with Crippen LogP contribution in [0, 0.1) is 47.3 Å². The fourth-order valence-electron chi connectivity index (χ4n) is 6.97. The molecule has 0 spiro atoms. The molecule has 1 heteroatoms. The summed E-state index contributed by atoms with van der Waals surface area (Å²) in [6.45, 7) is 0.322. The molecule has 0 aromatic rings. The van der Waals surface area contributed by atoms with E-state index in [2.05, 4.69) is 12.0 Å². The lowest BCUT2D eigenvalue weighted by Gasteiger charge is -2.55. The van der Waals surface area contributed by atoms with Crippen LogP contribution in [0.3, 0.4) is 0 Å². The van der Waals surface area contributed by atoms with Crippen molar-refractivity contribution >= 4 is 0 Å². The highest BCUT2D eigenvalue weighted by atomic mass is 16.3. The van der Waals surface area contributed by atoms with Gasteiger partial charge in [-0.3, -0.25) is 0 Å². The van der Waals surface area contributed by atoms with E-state index >= 15 is 0 Å². The van der Waals surface area contributed by atoms with E-state index in [1.54, 1.807) is 0 Å². The lowest BCUT2D eigenvalue weighted by atomic mass is 9.49. The molecule has 4 rings (SSSR count). The average Bonchev–Trinajstić information content (AvgIpc) is 2.94. The molecule has 0 bridgehead atoms. The minimum Gasteiger partial charge on any atom is -0.395 e. The lowest BCUT2D eigenvalue weighted by molar-refractivity contribution is -0.0658. The van der Waals surface area contributed by atoms with Crippen LogP contribution in [0.25, 0.3) is 0 Å². The summed E-state index contributed by atoms with van der Waals surface area (Å²) in [6, 6.07) is 0. The maximum atomic E-state index is 10.3. The van der Waals surface area contributed by atoms with Gasteiger partial charge in [0.1, 0.15) is 0 Å². The second kappa shape index (κ2) is 5.72. The molecule has 120 valence electrons. The molecule has 4 aliphatic carbocycles. The van der Waals surface area contributed by atoms with Crippen LogP contribution in [0.15, 0.2) is 11.6 Å². The van der Waals surface area contributed by atoms with Crippen LogP contribution in [0.5, 0.6) is 0 Å². The van der Waals surface area contributed by atoms with Crippen molar-refractivity contribution < 1.29 is 5.11 Å². The van der Waals surface area contributed by atoms with Crippen molar-refractivity contribution in [1.82, 2.24) is 0 Å². The molecular weight excluding hydrogens is 268 g/mol. The van der Waals surface area contributed by atoms with Crippen molar-refractivity contribution in [1.29, 1.82) is 0 Å². The first kappa shape index (κ1) is 14.8. The van der Waals surface area contributed by atoms with E-state index in [0.717, 1.165) is 30.1 Å². The van der Waals surface area contributed by atoms with Gasteiger partial charge in [0.15, 0.2) is 0 Å². The SMILES string of the molecule is C#CCC1=CC[C@H]2[C@@H]3CCC4CCCC[C@@H]4[C@H]3CC[C@]12CO. The third-order valence-corrected chi connectivity index (χ3v) is 7.92. The summed E-state index contributed by atoms with van der Waals surface area (Å²) in [5.74, 6) is 7.35. The Balaban J connectivity index is 1.60. The van der Waals surface area contributed by atoms with Gasteiger partial charge in [0.2, 0.25) is 0 Å². The predicted octanol–water partition coefficient (Wildman–Crippen LogP) is 4.56. The molecule has 0 saturated heterocycles. The number of hydrogen-bond acceptors (Lipinski definition) is 1. The number of fused-ring (bicyclic) bond motifs is 5. The standard InChI is InChI=1S/C21H30O/c1-2-5-16-9-11-20-19-10-8-15-6-3-4-7-17(15)18(19)12-13-21(16,20)14-22/h1,9,15,17-20,22H,3-8,10-14H2/t15?,17-,18+,19+,20-,21-/m0/s1. The number of allylic oxidation sites excluding steroid dienone is 1. The zero-order valence-electron chi connectivity index (χ0n) is 13.8. The first-order valence-electron chi connectivity index (χ1n) is 9.54. The molecule has 1 N–H and O–H groups in total. The molecule has 0 aliphatic heterocycles. The fraction of sp³-hybridized carbons (Fsp3) is 0.810. The predicted molar refractivity (Wildman–Crippen MR) is 90.1 cm³/mol. The summed E-state index contributed by atoms with van der Waals surface area (Å²) in [7, 11) is 0. The van der Waals surface area contributed by atoms with Gasteiger partial charge in [-0.15, -0.1) is 12.3 Å². The Bertz CT molecular complexity index is 499. The molecule has 22 heavy (non-hydrogen) atoms. The topological polar surface area (TPSA) is 20.2 Å². The van der Waals surface area contributed by atoms with Crippen molar-refractivity contribution in [2.24, 2.45) is 35.0 Å². The van der Waals surface area contributed by atoms with Crippen LogP contribution in [0.2, 0.25) is 0 Å². The van der Waals surface area contributed by atoms with Crippen LogP contribution in [0.4, 0.5) is 0 Å². The van der Waals surface area contributed by atoms with Gasteiger partial charge in [0.25, 0.3) is 0 Å². The summed E-state index contributed by atoms with van der Waals surface area (Å²) in [5.41, 5.74) is 1.45. The molecule has 4 aliphatic rings. The Hall–Kier alpha value is -0.740. The van der Waals surface area contributed by atoms with Gasteiger partial charge in [-0.25, -0.2) is 0 Å². The Labute approximate surface area is 135 Å². The largest absolute Gasteiger partial charge is 0.395 e. The summed E-state index contributed by atoms with van der Waals surface area (Å²) in [5, 5.41) is 10.3. The zero-order valence-corrected chi connectivity index (χ0v) is 13.8. The molecule has 0 heterocycles. The van der Waals surface area contributed by atoms with Gasteiger partial charge in [-0.1, -0.05) is 30.9 Å². The van der Waals surface area contributed by atoms with Gasteiger partial charge in [0.05, 0.1) is 6.61 Å². The molecule has 0 radical (unpaired) electrons. The summed E-state index contributed by atoms with van der Waals surface area (Å²) in [4.78, 5) is 0. The summed E-state index contributed by atoms with van der Waals surface area (Å²) < 4.78 is 0. The van der Waals surface area contributed by atoms with Gasteiger partial charge in [-0.05, 0) is 68.1 Å². The van der Waals surface area contributed by atoms with E-state index in [-0.39, 0.29) is 5.41 Å². The van der Waals surface area contributed by atoms with Gasteiger partial charge in [-0.2, -0.15) is 0 Å². The van der Waals surface area contributed by atoms with Gasteiger partial charge >= 0.3 is 0 Å². The molecule has 1 unspecified atom stereocenters. The Morgan fingerprint density at radius 2 is 1.95 bits per heavy atom. The number of aliphatic hydroxyl groups is 1. The lowest BCUT2D eigenvalue weighted by Crippen LogP contribution is -2.49. The number of terminal acetylenes is 1. The maximum absolute atomic E-state index is 10.3. The van der Waals surface area contributed by atoms with E-state index in [1.807, 2.05) is 0 Å². The molecule has 3 saturated carbocycles. The van der Waals surface area contributed by atoms with Crippen molar-refractivity contribution in [2.45, 2.75) is 64.2 Å². The number of aliphatic hydroxyl groups excluding tert-OH is 1. The highest BCUT2D eigenvalue weighted by Crippen LogP contribution is 2.62. The normalized spacial score (nSPS) is 46.9. The quantitative estimate of drug-likeness (QED) is 0.585.